The van der Waals surface area contributed by atoms with E-state index in [0.29, 0.717) is 0 Å². The summed E-state index contributed by atoms with van der Waals surface area (Å²) in [7, 11) is 0. The van der Waals surface area contributed by atoms with Gasteiger partial charge in [0, 0.05) is 0 Å². The first-order valence-electron chi connectivity index (χ1n) is 8.63. The molecule has 0 radical (unpaired) electrons. The minimum atomic E-state index is -1.01. The Labute approximate surface area is 160 Å². The van der Waals surface area contributed by atoms with Crippen LogP contribution in [0.2, 0.25) is 0 Å². The first kappa shape index (κ1) is 19.7. The number of hydrogen-bond donors (Lipinski definition) is 0. The minimum Gasteiger partial charge on any atom is -0.468 e. The number of ether oxygens (including phenoxy) is 1. The number of cyclic esters (lactones) is 1. The number of rotatable bonds is 1. The van der Waals surface area contributed by atoms with Crippen LogP contribution in [0.5, 0.6) is 0 Å². The molecule has 2 fully saturated rings. The van der Waals surface area contributed by atoms with Crippen molar-refractivity contribution in [1.29, 1.82) is 0 Å². The van der Waals surface area contributed by atoms with Gasteiger partial charge in [-0.15, -0.1) is 5.56 Å². The van der Waals surface area contributed by atoms with Crippen LogP contribution in [0.4, 0.5) is 0 Å². The molecule has 0 bridgehead atoms. The van der Waals surface area contributed by atoms with Gasteiger partial charge in [-0.3, -0.25) is 9.59 Å². The van der Waals surface area contributed by atoms with Crippen molar-refractivity contribution >= 4 is 11.8 Å². The second kappa shape index (κ2) is 7.72. The van der Waals surface area contributed by atoms with Gasteiger partial charge in [-0.1, -0.05) is 12.8 Å². The molecule has 2 aromatic rings. The molecule has 134 valence electrons. The van der Waals surface area contributed by atoms with Gasteiger partial charge in [0.1, 0.15) is 5.41 Å². The van der Waals surface area contributed by atoms with Crippen LogP contribution >= 0.6 is 0 Å². The summed E-state index contributed by atoms with van der Waals surface area (Å²) < 4.78 is 5.69. The Kier molecular flexibility index (Phi) is 6.07. The molecule has 1 heterocycles. The Morgan fingerprint density at radius 3 is 2.08 bits per heavy atom. The van der Waals surface area contributed by atoms with Crippen LogP contribution in [0.3, 0.4) is 0 Å². The van der Waals surface area contributed by atoms with Gasteiger partial charge in [0.05, 0.1) is 11.5 Å². The van der Waals surface area contributed by atoms with Gasteiger partial charge in [-0.25, -0.2) is 24.3 Å². The molecule has 3 nitrogen and oxygen atoms in total. The molecule has 2 aliphatic rings. The van der Waals surface area contributed by atoms with Crippen molar-refractivity contribution in [2.24, 2.45) is 10.8 Å². The molecule has 1 saturated carbocycles. The van der Waals surface area contributed by atoms with Crippen LogP contribution in [0.1, 0.15) is 51.2 Å². The molecule has 0 N–H and O–H groups in total. The number of ketones is 1. The fourth-order valence-corrected chi connectivity index (χ4v) is 3.97. The molecule has 1 spiro atoms. The SMILES string of the molecule is CC1(C)C(=O)OC([c-]2cccc2)C2(CCCC2)C1=O.[Fe+2].c1cc[cH-]c1. The zero-order valence-corrected chi connectivity index (χ0v) is 15.8. The van der Waals surface area contributed by atoms with Gasteiger partial charge in [-0.2, -0.15) is 30.3 Å². The Hall–Kier alpha value is -1.64. The summed E-state index contributed by atoms with van der Waals surface area (Å²) in [6.45, 7) is 3.39. The van der Waals surface area contributed by atoms with Gasteiger partial charge >= 0.3 is 23.0 Å². The molecular weight excluding hydrogens is 356 g/mol. The fourth-order valence-electron chi connectivity index (χ4n) is 3.97. The van der Waals surface area contributed by atoms with Crippen molar-refractivity contribution in [2.75, 3.05) is 0 Å². The zero-order chi connectivity index (χ0) is 17.2. The van der Waals surface area contributed by atoms with Crippen LogP contribution < -0.4 is 0 Å². The molecule has 4 rings (SSSR count). The van der Waals surface area contributed by atoms with Crippen molar-refractivity contribution in [1.82, 2.24) is 0 Å². The van der Waals surface area contributed by atoms with Crippen molar-refractivity contribution in [3.8, 4) is 0 Å². The summed E-state index contributed by atoms with van der Waals surface area (Å²) in [6.07, 6.45) is 3.35. The van der Waals surface area contributed by atoms with E-state index >= 15 is 0 Å². The summed E-state index contributed by atoms with van der Waals surface area (Å²) >= 11 is 0. The molecule has 0 amide bonds. The Bertz CT molecular complexity index is 660. The number of carbonyl (C=O) groups is 2. The third kappa shape index (κ3) is 3.51. The molecule has 0 aromatic heterocycles. The second-order valence-electron chi connectivity index (χ2n) is 7.28. The van der Waals surface area contributed by atoms with Crippen LogP contribution in [-0.4, -0.2) is 11.8 Å². The topological polar surface area (TPSA) is 43.4 Å². The Balaban J connectivity index is 0.000000325. The van der Waals surface area contributed by atoms with Crippen molar-refractivity contribution in [3.63, 3.8) is 0 Å². The van der Waals surface area contributed by atoms with Crippen LogP contribution in [0.15, 0.2) is 54.6 Å². The molecule has 25 heavy (non-hydrogen) atoms. The quantitative estimate of drug-likeness (QED) is 0.315. The Morgan fingerprint density at radius 2 is 1.60 bits per heavy atom. The molecule has 1 unspecified atom stereocenters. The predicted octanol–water partition coefficient (Wildman–Crippen LogP) is 4.56. The second-order valence-corrected chi connectivity index (χ2v) is 7.28. The molecule has 1 aliphatic heterocycles. The van der Waals surface area contributed by atoms with Crippen LogP contribution in [0.25, 0.3) is 0 Å². The van der Waals surface area contributed by atoms with Crippen molar-refractivity contribution in [2.45, 2.75) is 45.6 Å². The average molecular weight is 380 g/mol. The van der Waals surface area contributed by atoms with E-state index in [1.54, 1.807) is 13.8 Å². The first-order valence-corrected chi connectivity index (χ1v) is 8.63. The normalized spacial score (nSPS) is 23.4. The summed E-state index contributed by atoms with van der Waals surface area (Å²) in [6, 6.07) is 17.7. The van der Waals surface area contributed by atoms with Crippen molar-refractivity contribution in [3.05, 3.63) is 60.2 Å². The maximum Gasteiger partial charge on any atom is 2.00 e. The summed E-state index contributed by atoms with van der Waals surface area (Å²) in [5.41, 5.74) is -0.543. The van der Waals surface area contributed by atoms with Crippen LogP contribution in [0, 0.1) is 10.8 Å². The monoisotopic (exact) mass is 380 g/mol. The van der Waals surface area contributed by atoms with Gasteiger partial charge in [0.2, 0.25) is 0 Å². The largest absolute Gasteiger partial charge is 2.00 e. The molecule has 4 heteroatoms. The van der Waals surface area contributed by atoms with Gasteiger partial charge in [0.15, 0.2) is 5.78 Å². The smallest absolute Gasteiger partial charge is 0.468 e. The molecule has 1 saturated heterocycles. The number of esters is 1. The van der Waals surface area contributed by atoms with E-state index in [9.17, 15) is 9.59 Å². The van der Waals surface area contributed by atoms with Crippen molar-refractivity contribution < 1.29 is 31.4 Å². The van der Waals surface area contributed by atoms with E-state index in [0.717, 1.165) is 31.2 Å². The van der Waals surface area contributed by atoms with E-state index in [4.69, 9.17) is 4.74 Å². The Morgan fingerprint density at radius 1 is 1.04 bits per heavy atom. The summed E-state index contributed by atoms with van der Waals surface area (Å²) in [5.74, 6) is -0.318. The van der Waals surface area contributed by atoms with Crippen LogP contribution in [-0.2, 0) is 31.4 Å². The van der Waals surface area contributed by atoms with Gasteiger partial charge in [-0.05, 0) is 26.7 Å². The van der Waals surface area contributed by atoms with E-state index in [1.165, 1.54) is 0 Å². The molecule has 1 atom stereocenters. The predicted molar refractivity (Wildman–Crippen MR) is 92.6 cm³/mol. The minimum absolute atomic E-state index is 0. The number of hydrogen-bond acceptors (Lipinski definition) is 3. The number of carbonyl (C=O) groups excluding carboxylic acids is 2. The third-order valence-electron chi connectivity index (χ3n) is 5.30. The number of Topliss-reactive ketones (excluding diaryl/α,β-unsaturated/α-hetero) is 1. The van der Waals surface area contributed by atoms with Gasteiger partial charge < -0.3 is 4.74 Å². The van der Waals surface area contributed by atoms with E-state index in [2.05, 4.69) is 0 Å². The average Bonchev–Trinajstić information content (AvgIpc) is 3.35. The first-order chi connectivity index (χ1) is 11.5. The maximum atomic E-state index is 12.9. The van der Waals surface area contributed by atoms with E-state index < -0.39 is 16.9 Å². The van der Waals surface area contributed by atoms with E-state index in [-0.39, 0.29) is 28.8 Å². The molecular formula is C21H24FeO3. The third-order valence-corrected chi connectivity index (χ3v) is 5.30. The van der Waals surface area contributed by atoms with Gasteiger partial charge in [0.25, 0.3) is 0 Å². The maximum absolute atomic E-state index is 12.9. The molecule has 1 aliphatic carbocycles. The molecule has 2 aromatic carbocycles. The fraction of sp³-hybridized carbons (Fsp3) is 0.429. The van der Waals surface area contributed by atoms with E-state index in [1.807, 2.05) is 54.6 Å². The summed E-state index contributed by atoms with van der Waals surface area (Å²) in [5, 5.41) is 0. The standard InChI is InChI=1S/C16H19O3.C5H5.Fe/c1-15(2)13(17)16(9-5-6-10-16)12(19-14(15)18)11-7-3-4-8-11;1-2-4-5-3-1;/h3-4,7-8,12H,5-6,9-10H2,1-2H3;1-5H;/q2*-1;+2. The summed E-state index contributed by atoms with van der Waals surface area (Å²) in [4.78, 5) is 25.0. The zero-order valence-electron chi connectivity index (χ0n) is 14.7.